The Morgan fingerprint density at radius 1 is 0.455 bits per heavy atom. The smallest absolute Gasteiger partial charge is 0.361 e. The van der Waals surface area contributed by atoms with Crippen molar-refractivity contribution in [2.24, 2.45) is 0 Å². The number of ether oxygens (including phenoxy) is 4. The summed E-state index contributed by atoms with van der Waals surface area (Å²) >= 11 is 0. The van der Waals surface area contributed by atoms with E-state index >= 15 is 0 Å². The molecule has 66 heavy (non-hydrogen) atoms. The summed E-state index contributed by atoms with van der Waals surface area (Å²) in [5.74, 6) is -2.02. The summed E-state index contributed by atoms with van der Waals surface area (Å²) in [6.07, 6.45) is 56.0. The first kappa shape index (κ1) is 63.2. The summed E-state index contributed by atoms with van der Waals surface area (Å²) in [5, 5.41) is 9.68. The number of nitrogens with zero attached hydrogens (tertiary/aromatic N) is 1. The van der Waals surface area contributed by atoms with Crippen molar-refractivity contribution in [2.45, 2.75) is 251 Å². The molecule has 9 heteroatoms. The molecule has 2 atom stereocenters. The molecule has 0 saturated carbocycles. The molecule has 0 spiro atoms. The number of rotatable bonds is 50. The van der Waals surface area contributed by atoms with E-state index in [9.17, 15) is 19.5 Å². The molecule has 384 valence electrons. The van der Waals surface area contributed by atoms with Gasteiger partial charge < -0.3 is 28.5 Å². The third-order valence-corrected chi connectivity index (χ3v) is 11.8. The van der Waals surface area contributed by atoms with Crippen LogP contribution in [0.1, 0.15) is 239 Å². The van der Waals surface area contributed by atoms with Crippen molar-refractivity contribution in [3.05, 3.63) is 48.6 Å². The van der Waals surface area contributed by atoms with Crippen molar-refractivity contribution < 1.29 is 42.9 Å². The molecule has 0 aromatic rings. The zero-order valence-electron chi connectivity index (χ0n) is 43.6. The van der Waals surface area contributed by atoms with E-state index < -0.39 is 24.3 Å². The molecule has 0 amide bonds. The summed E-state index contributed by atoms with van der Waals surface area (Å²) in [4.78, 5) is 37.3. The first-order chi connectivity index (χ1) is 32.1. The number of carboxylic acid groups (broad SMARTS) is 1. The zero-order valence-corrected chi connectivity index (χ0v) is 43.6. The van der Waals surface area contributed by atoms with Crippen LogP contribution in [0.2, 0.25) is 0 Å². The maximum Gasteiger partial charge on any atom is 0.361 e. The average molecular weight is 931 g/mol. The highest BCUT2D eigenvalue weighted by Crippen LogP contribution is 2.15. The second kappa shape index (κ2) is 48.7. The number of hydrogen-bond acceptors (Lipinski definition) is 7. The lowest BCUT2D eigenvalue weighted by Gasteiger charge is -2.25. The second-order valence-corrected chi connectivity index (χ2v) is 19.5. The minimum Gasteiger partial charge on any atom is -0.477 e. The lowest BCUT2D eigenvalue weighted by molar-refractivity contribution is -0.870. The van der Waals surface area contributed by atoms with E-state index in [4.69, 9.17) is 18.9 Å². The number of aliphatic carboxylic acids is 1. The molecule has 1 N–H and O–H groups in total. The highest BCUT2D eigenvalue weighted by molar-refractivity contribution is 5.71. The molecular formula is C57H104NO8+. The average Bonchev–Trinajstić information content (AvgIpc) is 3.28. The Kier molecular flexibility index (Phi) is 46.7. The van der Waals surface area contributed by atoms with Crippen LogP contribution in [0.15, 0.2) is 48.6 Å². The second-order valence-electron chi connectivity index (χ2n) is 19.5. The van der Waals surface area contributed by atoms with E-state index in [1.807, 2.05) is 21.1 Å². The molecule has 2 unspecified atom stereocenters. The highest BCUT2D eigenvalue weighted by atomic mass is 16.7. The first-order valence-electron chi connectivity index (χ1n) is 27.3. The van der Waals surface area contributed by atoms with E-state index in [1.165, 1.54) is 148 Å². The zero-order chi connectivity index (χ0) is 48.4. The molecule has 0 aliphatic carbocycles. The Bertz CT molecular complexity index is 1220. The molecule has 0 aromatic heterocycles. The van der Waals surface area contributed by atoms with Gasteiger partial charge in [0, 0.05) is 12.8 Å². The van der Waals surface area contributed by atoms with Crippen molar-refractivity contribution in [3.8, 4) is 0 Å². The highest BCUT2D eigenvalue weighted by Gasteiger charge is 2.25. The monoisotopic (exact) mass is 931 g/mol. The maximum atomic E-state index is 12.8. The first-order valence-corrected chi connectivity index (χ1v) is 27.3. The van der Waals surface area contributed by atoms with E-state index in [1.54, 1.807) is 0 Å². The van der Waals surface area contributed by atoms with Gasteiger partial charge in [0.1, 0.15) is 13.2 Å². The molecule has 0 aromatic carbocycles. The maximum absolute atomic E-state index is 12.8. The van der Waals surface area contributed by atoms with Gasteiger partial charge in [-0.3, -0.25) is 9.59 Å². The molecule has 0 heterocycles. The number of allylic oxidation sites excluding steroid dienone is 8. The third-order valence-electron chi connectivity index (χ3n) is 11.8. The van der Waals surface area contributed by atoms with Crippen LogP contribution in [0.4, 0.5) is 0 Å². The van der Waals surface area contributed by atoms with Gasteiger partial charge in [0.2, 0.25) is 0 Å². The molecular weight excluding hydrogens is 827 g/mol. The Morgan fingerprint density at radius 3 is 1.23 bits per heavy atom. The number of carbonyl (C=O) groups is 3. The van der Waals surface area contributed by atoms with E-state index in [0.717, 1.165) is 57.8 Å². The summed E-state index contributed by atoms with van der Waals surface area (Å²) in [7, 11) is 5.96. The van der Waals surface area contributed by atoms with Gasteiger partial charge in [-0.1, -0.05) is 197 Å². The van der Waals surface area contributed by atoms with Crippen LogP contribution in [-0.4, -0.2) is 87.4 Å². The summed E-state index contributed by atoms with van der Waals surface area (Å²) in [6, 6.07) is 0. The van der Waals surface area contributed by atoms with Gasteiger partial charge in [-0.2, -0.15) is 0 Å². The normalized spacial score (nSPS) is 13.2. The summed E-state index contributed by atoms with van der Waals surface area (Å²) in [5.41, 5.74) is 0. The number of unbranched alkanes of at least 4 members (excludes halogenated alkanes) is 27. The fourth-order valence-corrected chi connectivity index (χ4v) is 7.54. The third kappa shape index (κ3) is 49.2. The SMILES string of the molecule is CCCCCCC/C=C\C/C=C\C/C=C\CCCCCCCCCCC(=O)OC(COC(=O)CCCCCCCCC/C=C\CCCCCCCCC)COC(OCC[N+](C)(C)C)C(=O)O. The van der Waals surface area contributed by atoms with Crippen molar-refractivity contribution >= 4 is 17.9 Å². The van der Waals surface area contributed by atoms with Gasteiger partial charge in [0.15, 0.2) is 6.10 Å². The topological polar surface area (TPSA) is 108 Å². The molecule has 0 fully saturated rings. The largest absolute Gasteiger partial charge is 0.477 e. The standard InChI is InChI=1S/C57H103NO8/c1-6-8-10-12-14-16-18-20-22-24-26-27-28-29-30-32-34-36-38-40-42-44-46-48-55(60)66-53(52-65-57(56(61)62)63-50-49-58(3,4)5)51-64-54(59)47-45-43-41-39-37-35-33-31-25-23-21-19-17-15-13-11-9-7-2/h18,20,23-26,28-29,53,57H,6-17,19,21-22,27,30-52H2,1-5H3/p+1/b20-18-,25-23-,26-24-,29-28-. The molecule has 0 saturated heterocycles. The lowest BCUT2D eigenvalue weighted by atomic mass is 10.1. The number of carbonyl (C=O) groups excluding carboxylic acids is 2. The molecule has 0 aliphatic rings. The van der Waals surface area contributed by atoms with Gasteiger partial charge in [-0.15, -0.1) is 0 Å². The van der Waals surface area contributed by atoms with Crippen LogP contribution in [0.3, 0.4) is 0 Å². The quantitative estimate of drug-likeness (QED) is 0.0211. The van der Waals surface area contributed by atoms with Crippen molar-refractivity contribution in [1.29, 1.82) is 0 Å². The minimum atomic E-state index is -1.51. The fourth-order valence-electron chi connectivity index (χ4n) is 7.54. The molecule has 9 nitrogen and oxygen atoms in total. The minimum absolute atomic E-state index is 0.185. The summed E-state index contributed by atoms with van der Waals surface area (Å²) < 4.78 is 22.8. The Morgan fingerprint density at radius 2 is 0.818 bits per heavy atom. The number of carboxylic acids is 1. The van der Waals surface area contributed by atoms with Crippen molar-refractivity contribution in [2.75, 3.05) is 47.5 Å². The van der Waals surface area contributed by atoms with Crippen molar-refractivity contribution in [1.82, 2.24) is 0 Å². The number of likely N-dealkylation sites (N-methyl/N-ethyl adjacent to an activating group) is 1. The summed E-state index contributed by atoms with van der Waals surface area (Å²) in [6.45, 7) is 4.86. The van der Waals surface area contributed by atoms with Gasteiger partial charge in [0.05, 0.1) is 34.4 Å². The van der Waals surface area contributed by atoms with E-state index in [2.05, 4.69) is 62.5 Å². The molecule has 0 bridgehead atoms. The molecule has 0 aliphatic heterocycles. The van der Waals surface area contributed by atoms with Gasteiger partial charge in [0.25, 0.3) is 6.29 Å². The van der Waals surface area contributed by atoms with E-state index in [-0.39, 0.29) is 32.2 Å². The van der Waals surface area contributed by atoms with Crippen LogP contribution >= 0.6 is 0 Å². The Hall–Kier alpha value is -2.75. The lowest BCUT2D eigenvalue weighted by Crippen LogP contribution is -2.40. The number of hydrogen-bond donors (Lipinski definition) is 1. The Balaban J connectivity index is 4.32. The predicted octanol–water partition coefficient (Wildman–Crippen LogP) is 15.5. The van der Waals surface area contributed by atoms with Gasteiger partial charge in [-0.25, -0.2) is 4.79 Å². The Labute approximate surface area is 406 Å². The number of esters is 2. The predicted molar refractivity (Wildman–Crippen MR) is 277 cm³/mol. The van der Waals surface area contributed by atoms with Gasteiger partial charge >= 0.3 is 17.9 Å². The van der Waals surface area contributed by atoms with Crippen LogP contribution in [0.25, 0.3) is 0 Å². The molecule has 0 radical (unpaired) electrons. The van der Waals surface area contributed by atoms with Crippen molar-refractivity contribution in [3.63, 3.8) is 0 Å². The fraction of sp³-hybridized carbons (Fsp3) is 0.807. The van der Waals surface area contributed by atoms with Crippen LogP contribution in [0, 0.1) is 0 Å². The number of quaternary nitrogens is 1. The van der Waals surface area contributed by atoms with Crippen LogP contribution in [0.5, 0.6) is 0 Å². The molecule has 0 rings (SSSR count). The van der Waals surface area contributed by atoms with Gasteiger partial charge in [-0.05, 0) is 77.0 Å². The van der Waals surface area contributed by atoms with E-state index in [0.29, 0.717) is 23.9 Å². The van der Waals surface area contributed by atoms with Crippen LogP contribution < -0.4 is 0 Å². The van der Waals surface area contributed by atoms with Crippen LogP contribution in [-0.2, 0) is 33.3 Å².